The summed E-state index contributed by atoms with van der Waals surface area (Å²) in [6.07, 6.45) is -1.84. The van der Waals surface area contributed by atoms with Crippen LogP contribution >= 0.6 is 0 Å². The van der Waals surface area contributed by atoms with Gasteiger partial charge in [-0.1, -0.05) is 12.1 Å². The van der Waals surface area contributed by atoms with Crippen LogP contribution in [0.5, 0.6) is 5.75 Å². The maximum absolute atomic E-state index is 12.9. The van der Waals surface area contributed by atoms with Crippen molar-refractivity contribution in [3.8, 4) is 17.1 Å². The first-order valence-electron chi connectivity index (χ1n) is 11.9. The van der Waals surface area contributed by atoms with Gasteiger partial charge in [0, 0.05) is 24.3 Å². The molecule has 2 atom stereocenters. The largest absolute Gasteiger partial charge is 0.573 e. The molecule has 0 spiro atoms. The molecule has 1 aliphatic rings. The molecule has 0 aliphatic carbocycles. The number of hydrogen-bond donors (Lipinski definition) is 1. The number of rotatable bonds is 6. The number of nitrogens with one attached hydrogen (secondary N) is 1. The fourth-order valence-electron chi connectivity index (χ4n) is 4.13. The van der Waals surface area contributed by atoms with Gasteiger partial charge in [0.1, 0.15) is 11.4 Å². The predicted octanol–water partition coefficient (Wildman–Crippen LogP) is 4.55. The van der Waals surface area contributed by atoms with E-state index in [0.29, 0.717) is 13.0 Å². The minimum absolute atomic E-state index is 0.0940. The van der Waals surface area contributed by atoms with E-state index in [9.17, 15) is 22.8 Å². The van der Waals surface area contributed by atoms with Gasteiger partial charge in [-0.3, -0.25) is 9.48 Å². The third-order valence-corrected chi connectivity index (χ3v) is 5.60. The molecule has 1 aliphatic heterocycles. The number of hydrogen-bond acceptors (Lipinski definition) is 7. The Morgan fingerprint density at radius 2 is 1.97 bits per heavy atom. The molecule has 204 valence electrons. The summed E-state index contributed by atoms with van der Waals surface area (Å²) in [5, 5.41) is 7.21. The molecule has 2 amide bonds. The molecule has 13 heteroatoms. The molecular formula is C25H28F3N5O5. The Bertz CT molecular complexity index is 1300. The first kappa shape index (κ1) is 27.0. The molecule has 38 heavy (non-hydrogen) atoms. The number of likely N-dealkylation sites (tertiary alicyclic amines) is 1. The molecule has 1 fully saturated rings. The molecule has 0 bridgehead atoms. The van der Waals surface area contributed by atoms with Crippen LogP contribution in [0.3, 0.4) is 0 Å². The van der Waals surface area contributed by atoms with Crippen LogP contribution in [0.25, 0.3) is 11.3 Å². The van der Waals surface area contributed by atoms with Crippen LogP contribution in [-0.2, 0) is 11.3 Å². The second-order valence-electron chi connectivity index (χ2n) is 9.98. The van der Waals surface area contributed by atoms with E-state index < -0.39 is 35.8 Å². The Labute approximate surface area is 216 Å². The van der Waals surface area contributed by atoms with Gasteiger partial charge in [0.25, 0.3) is 5.89 Å². The van der Waals surface area contributed by atoms with Crippen LogP contribution in [0.15, 0.2) is 47.1 Å². The van der Waals surface area contributed by atoms with Crippen LogP contribution in [-0.4, -0.2) is 62.3 Å². The average Bonchev–Trinajstić information content (AvgIpc) is 3.52. The number of ether oxygens (including phenoxy) is 2. The molecule has 0 radical (unpaired) electrons. The van der Waals surface area contributed by atoms with Crippen molar-refractivity contribution in [2.75, 3.05) is 6.54 Å². The van der Waals surface area contributed by atoms with E-state index in [4.69, 9.17) is 9.15 Å². The van der Waals surface area contributed by atoms with Crippen molar-refractivity contribution in [1.82, 2.24) is 25.0 Å². The molecule has 10 nitrogen and oxygen atoms in total. The summed E-state index contributed by atoms with van der Waals surface area (Å²) >= 11 is 0. The van der Waals surface area contributed by atoms with Crippen LogP contribution in [0.4, 0.5) is 18.0 Å². The summed E-state index contributed by atoms with van der Waals surface area (Å²) in [5.41, 5.74) is 0.402. The molecule has 1 aromatic carbocycles. The third kappa shape index (κ3) is 7.05. The minimum Gasteiger partial charge on any atom is -0.444 e. The van der Waals surface area contributed by atoms with Crippen molar-refractivity contribution in [3.63, 3.8) is 0 Å². The number of nitrogens with zero attached hydrogens (tertiary/aromatic N) is 4. The van der Waals surface area contributed by atoms with E-state index in [1.54, 1.807) is 30.4 Å². The Morgan fingerprint density at radius 3 is 2.63 bits per heavy atom. The first-order valence-corrected chi connectivity index (χ1v) is 11.9. The second-order valence-corrected chi connectivity index (χ2v) is 9.98. The second kappa shape index (κ2) is 10.4. The highest BCUT2D eigenvalue weighted by molar-refractivity contribution is 5.90. The summed E-state index contributed by atoms with van der Waals surface area (Å²) < 4.78 is 54.4. The topological polar surface area (TPSA) is 112 Å². The number of oxazole rings is 1. The molecule has 3 heterocycles. The number of benzene rings is 1. The van der Waals surface area contributed by atoms with E-state index >= 15 is 0 Å². The fourth-order valence-corrected chi connectivity index (χ4v) is 4.13. The molecule has 3 aromatic rings. The number of alkyl halides is 3. The summed E-state index contributed by atoms with van der Waals surface area (Å²) in [4.78, 5) is 31.3. The lowest BCUT2D eigenvalue weighted by Crippen LogP contribution is -2.43. The molecule has 2 aromatic heterocycles. The normalized spacial score (nSPS) is 17.9. The summed E-state index contributed by atoms with van der Waals surface area (Å²) in [6, 6.07) is 6.30. The van der Waals surface area contributed by atoms with E-state index in [-0.39, 0.29) is 29.8 Å². The lowest BCUT2D eigenvalue weighted by atomic mass is 10.1. The highest BCUT2D eigenvalue weighted by Crippen LogP contribution is 2.29. The number of carbonyl (C=O) groups excluding carboxylic acids is 2. The van der Waals surface area contributed by atoms with E-state index in [1.165, 1.54) is 18.3 Å². The molecule has 1 saturated heterocycles. The van der Waals surface area contributed by atoms with Crippen molar-refractivity contribution in [3.05, 3.63) is 54.3 Å². The Balaban J connectivity index is 1.45. The van der Waals surface area contributed by atoms with Gasteiger partial charge in [0.15, 0.2) is 5.76 Å². The lowest BCUT2D eigenvalue weighted by Gasteiger charge is -2.28. The summed E-state index contributed by atoms with van der Waals surface area (Å²) in [6.45, 7) is 7.81. The van der Waals surface area contributed by atoms with E-state index in [0.717, 1.165) is 17.8 Å². The van der Waals surface area contributed by atoms with Crippen LogP contribution in [0.1, 0.15) is 43.6 Å². The maximum Gasteiger partial charge on any atom is 0.573 e. The van der Waals surface area contributed by atoms with Gasteiger partial charge in [0.2, 0.25) is 0 Å². The van der Waals surface area contributed by atoms with Crippen molar-refractivity contribution in [2.45, 2.75) is 64.7 Å². The van der Waals surface area contributed by atoms with Gasteiger partial charge in [-0.25, -0.2) is 9.78 Å². The SMILES string of the molecule is Cc1ccn(CC2CC(NC(=O)c3ncc(-c4cccc(OC(F)(F)F)c4)o3)CN2C(=O)OC(C)(C)C)n1. The van der Waals surface area contributed by atoms with Gasteiger partial charge >= 0.3 is 18.4 Å². The zero-order valence-corrected chi connectivity index (χ0v) is 21.3. The van der Waals surface area contributed by atoms with E-state index in [1.807, 2.05) is 19.2 Å². The number of amides is 2. The van der Waals surface area contributed by atoms with Gasteiger partial charge in [-0.05, 0) is 52.3 Å². The van der Waals surface area contributed by atoms with Crippen molar-refractivity contribution in [1.29, 1.82) is 0 Å². The zero-order chi connectivity index (χ0) is 27.7. The number of halogens is 3. The molecular weight excluding hydrogens is 507 g/mol. The van der Waals surface area contributed by atoms with Gasteiger partial charge in [0.05, 0.1) is 24.5 Å². The van der Waals surface area contributed by atoms with E-state index in [2.05, 4.69) is 20.1 Å². The van der Waals surface area contributed by atoms with Crippen LogP contribution in [0, 0.1) is 6.92 Å². The first-order chi connectivity index (χ1) is 17.8. The monoisotopic (exact) mass is 535 g/mol. The van der Waals surface area contributed by atoms with Crippen LogP contribution in [0.2, 0.25) is 0 Å². The third-order valence-electron chi connectivity index (χ3n) is 5.60. The zero-order valence-electron chi connectivity index (χ0n) is 21.3. The Hall–Kier alpha value is -4.03. The van der Waals surface area contributed by atoms with Crippen molar-refractivity contribution < 1.29 is 36.7 Å². The van der Waals surface area contributed by atoms with Crippen LogP contribution < -0.4 is 10.1 Å². The highest BCUT2D eigenvalue weighted by Gasteiger charge is 2.39. The van der Waals surface area contributed by atoms with Gasteiger partial charge < -0.3 is 24.1 Å². The average molecular weight is 536 g/mol. The smallest absolute Gasteiger partial charge is 0.444 e. The van der Waals surface area contributed by atoms with Crippen molar-refractivity contribution >= 4 is 12.0 Å². The number of carbonyl (C=O) groups is 2. The fraction of sp³-hybridized carbons (Fsp3) is 0.440. The number of aromatic nitrogens is 3. The lowest BCUT2D eigenvalue weighted by molar-refractivity contribution is -0.274. The van der Waals surface area contributed by atoms with Gasteiger partial charge in [-0.15, -0.1) is 13.2 Å². The maximum atomic E-state index is 12.9. The van der Waals surface area contributed by atoms with Crippen molar-refractivity contribution in [2.24, 2.45) is 0 Å². The Kier molecular flexibility index (Phi) is 7.38. The molecule has 1 N–H and O–H groups in total. The molecule has 0 saturated carbocycles. The Morgan fingerprint density at radius 1 is 1.21 bits per heavy atom. The predicted molar refractivity (Wildman–Crippen MR) is 128 cm³/mol. The molecule has 4 rings (SSSR count). The quantitative estimate of drug-likeness (QED) is 0.493. The summed E-state index contributed by atoms with van der Waals surface area (Å²) in [5.74, 6) is -1.22. The standard InChI is InChI=1S/C25H28F3N5O5/c1-15-8-9-32(31-15)14-18-11-17(13-33(18)23(35)38-24(2,3)4)30-21(34)22-29-12-20(36-22)16-6-5-7-19(10-16)37-25(26,27)28/h5-10,12,17-18H,11,13-14H2,1-4H3,(H,30,34). The summed E-state index contributed by atoms with van der Waals surface area (Å²) in [7, 11) is 0. The van der Waals surface area contributed by atoms with Gasteiger partial charge in [-0.2, -0.15) is 5.10 Å². The minimum atomic E-state index is -4.84. The highest BCUT2D eigenvalue weighted by atomic mass is 19.4. The molecule has 2 unspecified atom stereocenters. The number of aryl methyl sites for hydroxylation is 1.